The largest absolute Gasteiger partial charge is 0.477 e. The van der Waals surface area contributed by atoms with Gasteiger partial charge >= 0.3 is 5.97 Å². The van der Waals surface area contributed by atoms with E-state index in [4.69, 9.17) is 5.11 Å². The minimum Gasteiger partial charge on any atom is -0.477 e. The van der Waals surface area contributed by atoms with Gasteiger partial charge in [-0.2, -0.15) is 0 Å². The number of carbonyl (C=O) groups is 1. The number of rotatable bonds is 2. The lowest BCUT2D eigenvalue weighted by molar-refractivity contribution is -0.131. The molecule has 0 bridgehead atoms. The molecular weight excluding hydrogens is 308 g/mol. The van der Waals surface area contributed by atoms with Crippen molar-refractivity contribution < 1.29 is 18.3 Å². The van der Waals surface area contributed by atoms with E-state index in [9.17, 15) is 13.2 Å². The van der Waals surface area contributed by atoms with E-state index < -0.39 is 20.7 Å². The predicted octanol–water partition coefficient (Wildman–Crippen LogP) is 2.19. The van der Waals surface area contributed by atoms with Gasteiger partial charge < -0.3 is 5.11 Å². The van der Waals surface area contributed by atoms with Gasteiger partial charge in [-0.1, -0.05) is 28.1 Å². The van der Waals surface area contributed by atoms with Crippen LogP contribution in [0.15, 0.2) is 45.1 Å². The highest BCUT2D eigenvalue weighted by molar-refractivity contribution is 9.10. The summed E-state index contributed by atoms with van der Waals surface area (Å²) in [6, 6.07) is 6.82. The Labute approximate surface area is 106 Å². The summed E-state index contributed by atoms with van der Waals surface area (Å²) in [7, 11) is -3.81. The Kier molecular flexibility index (Phi) is 2.92. The van der Waals surface area contributed by atoms with Crippen LogP contribution in [0.5, 0.6) is 0 Å². The molecule has 0 radical (unpaired) electrons. The maximum absolute atomic E-state index is 11.5. The van der Waals surface area contributed by atoms with Crippen LogP contribution in [0.25, 0.3) is 5.57 Å². The normalized spacial score (nSPS) is 17.5. The molecule has 1 heterocycles. The fraction of sp³-hybridized carbons (Fsp3) is 0. The Bertz CT molecular complexity index is 656. The van der Waals surface area contributed by atoms with E-state index in [1.54, 1.807) is 24.3 Å². The molecule has 0 fully saturated rings. The van der Waals surface area contributed by atoms with Crippen molar-refractivity contribution in [3.8, 4) is 0 Å². The summed E-state index contributed by atoms with van der Waals surface area (Å²) in [5, 5.41) is 9.87. The van der Waals surface area contributed by atoms with Crippen LogP contribution < -0.4 is 0 Å². The van der Waals surface area contributed by atoms with Gasteiger partial charge in [0.25, 0.3) is 0 Å². The van der Waals surface area contributed by atoms with Gasteiger partial charge in [0.05, 0.1) is 0 Å². The Morgan fingerprint density at radius 1 is 1.29 bits per heavy atom. The van der Waals surface area contributed by atoms with Crippen molar-refractivity contribution in [1.29, 1.82) is 0 Å². The van der Waals surface area contributed by atoms with Crippen molar-refractivity contribution in [3.05, 3.63) is 50.7 Å². The van der Waals surface area contributed by atoms with E-state index in [0.29, 0.717) is 5.56 Å². The van der Waals surface area contributed by atoms with Crippen LogP contribution in [0.2, 0.25) is 0 Å². The maximum Gasteiger partial charge on any atom is 0.348 e. The molecule has 2 rings (SSSR count). The molecule has 0 saturated carbocycles. The highest BCUT2D eigenvalue weighted by Crippen LogP contribution is 2.32. The third-order valence-electron chi connectivity index (χ3n) is 2.27. The minimum absolute atomic E-state index is 0.207. The molecule has 6 heteroatoms. The minimum atomic E-state index is -3.81. The molecule has 1 aromatic rings. The molecule has 1 aliphatic rings. The number of allylic oxidation sites excluding steroid dienone is 2. The zero-order chi connectivity index (χ0) is 12.6. The van der Waals surface area contributed by atoms with Crippen LogP contribution in [-0.4, -0.2) is 19.5 Å². The van der Waals surface area contributed by atoms with Gasteiger partial charge in [-0.3, -0.25) is 0 Å². The molecule has 0 amide bonds. The van der Waals surface area contributed by atoms with Crippen molar-refractivity contribution in [2.45, 2.75) is 0 Å². The number of hydrogen-bond acceptors (Lipinski definition) is 3. The standard InChI is InChI=1S/C11H7BrO4S/c12-8-3-1-2-7(6-8)9-4-5-17(15,16)10(9)11(13)14/h1-6H,(H,13,14). The van der Waals surface area contributed by atoms with Gasteiger partial charge in [-0.25, -0.2) is 13.2 Å². The molecule has 88 valence electrons. The summed E-state index contributed by atoms with van der Waals surface area (Å²) in [6.45, 7) is 0. The van der Waals surface area contributed by atoms with E-state index in [1.807, 2.05) is 0 Å². The van der Waals surface area contributed by atoms with Gasteiger partial charge in [0, 0.05) is 15.5 Å². The first-order valence-corrected chi connectivity index (χ1v) is 6.92. The lowest BCUT2D eigenvalue weighted by Crippen LogP contribution is -2.09. The monoisotopic (exact) mass is 314 g/mol. The first kappa shape index (κ1) is 12.1. The molecule has 0 aromatic heterocycles. The van der Waals surface area contributed by atoms with Gasteiger partial charge in [-0.05, 0) is 23.8 Å². The molecule has 1 N–H and O–H groups in total. The Hall–Kier alpha value is -1.40. The SMILES string of the molecule is O=C(O)C1=C(c2cccc(Br)c2)C=CS1(=O)=O. The third-order valence-corrected chi connectivity index (χ3v) is 4.22. The van der Waals surface area contributed by atoms with Crippen LogP contribution in [0.3, 0.4) is 0 Å². The van der Waals surface area contributed by atoms with E-state index >= 15 is 0 Å². The van der Waals surface area contributed by atoms with Crippen LogP contribution >= 0.6 is 15.9 Å². The maximum atomic E-state index is 11.5. The third kappa shape index (κ3) is 2.18. The number of aliphatic carboxylic acids is 1. The van der Waals surface area contributed by atoms with Crippen molar-refractivity contribution >= 4 is 37.3 Å². The van der Waals surface area contributed by atoms with Gasteiger partial charge in [-0.15, -0.1) is 0 Å². The van der Waals surface area contributed by atoms with Crippen molar-refractivity contribution in [2.75, 3.05) is 0 Å². The van der Waals surface area contributed by atoms with Crippen LogP contribution in [0.4, 0.5) is 0 Å². The highest BCUT2D eigenvalue weighted by atomic mass is 79.9. The molecule has 0 aliphatic carbocycles. The summed E-state index contributed by atoms with van der Waals surface area (Å²) in [4.78, 5) is 10.4. The van der Waals surface area contributed by atoms with E-state index in [1.165, 1.54) is 6.08 Å². The van der Waals surface area contributed by atoms with Gasteiger partial charge in [0.1, 0.15) is 0 Å². The van der Waals surface area contributed by atoms with Crippen LogP contribution in [0, 0.1) is 0 Å². The zero-order valence-corrected chi connectivity index (χ0v) is 10.8. The number of benzene rings is 1. The molecule has 0 saturated heterocycles. The fourth-order valence-corrected chi connectivity index (χ4v) is 3.16. The second-order valence-electron chi connectivity index (χ2n) is 3.41. The summed E-state index contributed by atoms with van der Waals surface area (Å²) >= 11 is 3.25. The van der Waals surface area contributed by atoms with Crippen molar-refractivity contribution in [2.24, 2.45) is 0 Å². The summed E-state index contributed by atoms with van der Waals surface area (Å²) in [5.74, 6) is -1.44. The average molecular weight is 315 g/mol. The number of sulfone groups is 1. The van der Waals surface area contributed by atoms with Crippen LogP contribution in [-0.2, 0) is 14.6 Å². The fourth-order valence-electron chi connectivity index (χ4n) is 1.57. The van der Waals surface area contributed by atoms with Gasteiger partial charge in [0.15, 0.2) is 4.91 Å². The number of hydrogen-bond donors (Lipinski definition) is 1. The zero-order valence-electron chi connectivity index (χ0n) is 8.42. The van der Waals surface area contributed by atoms with E-state index in [-0.39, 0.29) is 5.57 Å². The molecule has 1 aromatic carbocycles. The second-order valence-corrected chi connectivity index (χ2v) is 6.09. The Morgan fingerprint density at radius 3 is 2.59 bits per heavy atom. The Balaban J connectivity index is 2.69. The van der Waals surface area contributed by atoms with E-state index in [2.05, 4.69) is 15.9 Å². The number of halogens is 1. The number of carboxylic acid groups (broad SMARTS) is 1. The molecule has 1 aliphatic heterocycles. The summed E-state index contributed by atoms with van der Waals surface area (Å²) in [6.07, 6.45) is 1.31. The molecule has 4 nitrogen and oxygen atoms in total. The topological polar surface area (TPSA) is 71.4 Å². The van der Waals surface area contributed by atoms with Crippen molar-refractivity contribution in [1.82, 2.24) is 0 Å². The first-order valence-electron chi connectivity index (χ1n) is 4.58. The molecule has 0 spiro atoms. The van der Waals surface area contributed by atoms with E-state index in [0.717, 1.165) is 9.88 Å². The smallest absolute Gasteiger partial charge is 0.348 e. The lowest BCUT2D eigenvalue weighted by atomic mass is 10.1. The number of carboxylic acids is 1. The van der Waals surface area contributed by atoms with Crippen LogP contribution in [0.1, 0.15) is 5.56 Å². The second kappa shape index (κ2) is 4.12. The lowest BCUT2D eigenvalue weighted by Gasteiger charge is -2.03. The predicted molar refractivity (Wildman–Crippen MR) is 66.8 cm³/mol. The van der Waals surface area contributed by atoms with Gasteiger partial charge in [0.2, 0.25) is 9.84 Å². The molecule has 17 heavy (non-hydrogen) atoms. The Morgan fingerprint density at radius 2 is 2.00 bits per heavy atom. The summed E-state index contributed by atoms with van der Waals surface area (Å²) < 4.78 is 23.8. The first-order chi connectivity index (χ1) is 7.92. The summed E-state index contributed by atoms with van der Waals surface area (Å²) in [5.41, 5.74) is 0.757. The average Bonchev–Trinajstić information content (AvgIpc) is 2.54. The van der Waals surface area contributed by atoms with Crippen molar-refractivity contribution in [3.63, 3.8) is 0 Å². The molecular formula is C11H7BrO4S. The molecule has 0 unspecified atom stereocenters. The quantitative estimate of drug-likeness (QED) is 0.908. The molecule has 0 atom stereocenters. The highest BCUT2D eigenvalue weighted by Gasteiger charge is 2.30.